The van der Waals surface area contributed by atoms with E-state index in [1.54, 1.807) is 0 Å². The molecule has 0 unspecified atom stereocenters. The normalized spacial score (nSPS) is 14.6. The number of aromatic nitrogens is 4. The molecule has 0 saturated carbocycles. The number of imidazole rings is 1. The van der Waals surface area contributed by atoms with Crippen LogP contribution in [0, 0.1) is 19.8 Å². The minimum absolute atomic E-state index is 0.00819. The standard InChI is InChI=1S/C25H26N6O/c1-17-5-4-12-31-16-22(27-24(17)31)20-6-3-7-21(15-20)26-25(32)19-10-13-30(14-11-19)23-9-8-18(2)28-29-23/h3-9,12,15-16,19H,10-11,13-14H2,1-2H3,(H,26,32). The van der Waals surface area contributed by atoms with E-state index in [4.69, 9.17) is 4.98 Å². The number of amides is 1. The third kappa shape index (κ3) is 4.06. The van der Waals surface area contributed by atoms with Crippen LogP contribution in [-0.2, 0) is 4.79 Å². The molecule has 0 aliphatic carbocycles. The van der Waals surface area contributed by atoms with E-state index in [1.807, 2.05) is 66.2 Å². The highest BCUT2D eigenvalue weighted by molar-refractivity contribution is 5.93. The molecule has 0 bridgehead atoms. The van der Waals surface area contributed by atoms with Gasteiger partial charge in [0.1, 0.15) is 5.65 Å². The SMILES string of the molecule is Cc1ccc(N2CCC(C(=O)Nc3cccc(-c4cn5cccc(C)c5n4)c3)CC2)nn1. The van der Waals surface area contributed by atoms with E-state index < -0.39 is 0 Å². The van der Waals surface area contributed by atoms with E-state index >= 15 is 0 Å². The first-order chi connectivity index (χ1) is 15.6. The van der Waals surface area contributed by atoms with Crippen LogP contribution in [0.25, 0.3) is 16.9 Å². The molecule has 4 aromatic rings. The molecular formula is C25H26N6O. The second-order valence-corrected chi connectivity index (χ2v) is 8.41. The van der Waals surface area contributed by atoms with Gasteiger partial charge in [0.25, 0.3) is 0 Å². The van der Waals surface area contributed by atoms with Crippen molar-refractivity contribution in [2.75, 3.05) is 23.3 Å². The fourth-order valence-electron chi connectivity index (χ4n) is 4.22. The van der Waals surface area contributed by atoms with Crippen molar-refractivity contribution in [3.05, 3.63) is 72.2 Å². The Morgan fingerprint density at radius 3 is 2.62 bits per heavy atom. The van der Waals surface area contributed by atoms with E-state index in [0.717, 1.165) is 65.6 Å². The molecule has 32 heavy (non-hydrogen) atoms. The molecule has 162 valence electrons. The summed E-state index contributed by atoms with van der Waals surface area (Å²) in [6.45, 7) is 5.59. The zero-order chi connectivity index (χ0) is 22.1. The summed E-state index contributed by atoms with van der Waals surface area (Å²) in [5.41, 5.74) is 5.66. The number of nitrogens with zero attached hydrogens (tertiary/aromatic N) is 5. The molecule has 7 nitrogen and oxygen atoms in total. The summed E-state index contributed by atoms with van der Waals surface area (Å²) in [6, 6.07) is 15.9. The van der Waals surface area contributed by atoms with Crippen LogP contribution in [0.3, 0.4) is 0 Å². The van der Waals surface area contributed by atoms with Crippen molar-refractivity contribution in [3.63, 3.8) is 0 Å². The molecule has 1 aromatic carbocycles. The third-order valence-electron chi connectivity index (χ3n) is 6.08. The van der Waals surface area contributed by atoms with Crippen molar-refractivity contribution >= 4 is 23.1 Å². The number of carbonyl (C=O) groups is 1. The molecule has 1 fully saturated rings. The Bertz CT molecular complexity index is 1260. The van der Waals surface area contributed by atoms with Gasteiger partial charge < -0.3 is 14.6 Å². The predicted octanol–water partition coefficient (Wildman–Crippen LogP) is 4.26. The maximum absolute atomic E-state index is 12.9. The van der Waals surface area contributed by atoms with Crippen LogP contribution in [0.2, 0.25) is 0 Å². The quantitative estimate of drug-likeness (QED) is 0.528. The number of fused-ring (bicyclic) bond motifs is 1. The average Bonchev–Trinajstić information content (AvgIpc) is 3.26. The molecule has 0 radical (unpaired) electrons. The smallest absolute Gasteiger partial charge is 0.227 e. The van der Waals surface area contributed by atoms with Gasteiger partial charge in [-0.1, -0.05) is 18.2 Å². The van der Waals surface area contributed by atoms with Gasteiger partial charge >= 0.3 is 0 Å². The number of pyridine rings is 1. The van der Waals surface area contributed by atoms with Gasteiger partial charge in [-0.3, -0.25) is 4.79 Å². The lowest BCUT2D eigenvalue weighted by molar-refractivity contribution is -0.120. The second-order valence-electron chi connectivity index (χ2n) is 8.41. The lowest BCUT2D eigenvalue weighted by atomic mass is 9.95. The number of carbonyl (C=O) groups excluding carboxylic acids is 1. The second kappa shape index (κ2) is 8.42. The first-order valence-corrected chi connectivity index (χ1v) is 11.0. The Morgan fingerprint density at radius 1 is 1.03 bits per heavy atom. The number of anilines is 2. The van der Waals surface area contributed by atoms with Gasteiger partial charge in [0.05, 0.1) is 11.4 Å². The highest BCUT2D eigenvalue weighted by Gasteiger charge is 2.26. The number of hydrogen-bond acceptors (Lipinski definition) is 5. The Balaban J connectivity index is 1.25. The zero-order valence-corrected chi connectivity index (χ0v) is 18.3. The van der Waals surface area contributed by atoms with Crippen LogP contribution in [0.4, 0.5) is 11.5 Å². The van der Waals surface area contributed by atoms with Crippen molar-refractivity contribution in [3.8, 4) is 11.3 Å². The summed E-state index contributed by atoms with van der Waals surface area (Å²) < 4.78 is 2.03. The van der Waals surface area contributed by atoms with Crippen molar-refractivity contribution < 1.29 is 4.79 Å². The number of nitrogens with one attached hydrogen (secondary N) is 1. The Hall–Kier alpha value is -3.74. The largest absolute Gasteiger partial charge is 0.355 e. The van der Waals surface area contributed by atoms with Crippen molar-refractivity contribution in [1.82, 2.24) is 19.6 Å². The summed E-state index contributed by atoms with van der Waals surface area (Å²) >= 11 is 0. The molecule has 0 spiro atoms. The van der Waals surface area contributed by atoms with Crippen LogP contribution in [0.1, 0.15) is 24.1 Å². The molecule has 5 rings (SSSR count). The van der Waals surface area contributed by atoms with E-state index in [0.29, 0.717) is 0 Å². The molecular weight excluding hydrogens is 400 g/mol. The Labute approximate surface area is 187 Å². The van der Waals surface area contributed by atoms with Gasteiger partial charge in [-0.2, -0.15) is 5.10 Å². The molecule has 0 atom stereocenters. The summed E-state index contributed by atoms with van der Waals surface area (Å²) in [5.74, 6) is 0.943. The Kier molecular flexibility index (Phi) is 5.31. The summed E-state index contributed by atoms with van der Waals surface area (Å²) in [5, 5.41) is 11.5. The molecule has 1 amide bonds. The van der Waals surface area contributed by atoms with Crippen LogP contribution in [0.15, 0.2) is 60.9 Å². The van der Waals surface area contributed by atoms with Gasteiger partial charge in [0.15, 0.2) is 5.82 Å². The van der Waals surface area contributed by atoms with Crippen molar-refractivity contribution in [1.29, 1.82) is 0 Å². The van der Waals surface area contributed by atoms with E-state index in [-0.39, 0.29) is 11.8 Å². The van der Waals surface area contributed by atoms with Crippen LogP contribution >= 0.6 is 0 Å². The number of rotatable bonds is 4. The summed E-state index contributed by atoms with van der Waals surface area (Å²) in [6.07, 6.45) is 5.62. The number of benzene rings is 1. The predicted molar refractivity (Wildman–Crippen MR) is 126 cm³/mol. The van der Waals surface area contributed by atoms with E-state index in [2.05, 4.69) is 33.4 Å². The lowest BCUT2D eigenvalue weighted by Gasteiger charge is -2.31. The number of aryl methyl sites for hydroxylation is 2. The van der Waals surface area contributed by atoms with E-state index in [1.165, 1.54) is 0 Å². The fourth-order valence-corrected chi connectivity index (χ4v) is 4.22. The van der Waals surface area contributed by atoms with Gasteiger partial charge in [-0.15, -0.1) is 5.10 Å². The number of hydrogen-bond donors (Lipinski definition) is 1. The summed E-state index contributed by atoms with van der Waals surface area (Å²) in [7, 11) is 0. The maximum Gasteiger partial charge on any atom is 0.227 e. The third-order valence-corrected chi connectivity index (χ3v) is 6.08. The monoisotopic (exact) mass is 426 g/mol. The maximum atomic E-state index is 12.9. The molecule has 1 N–H and O–H groups in total. The van der Waals surface area contributed by atoms with Gasteiger partial charge in [-0.25, -0.2) is 4.98 Å². The minimum atomic E-state index is -0.00819. The average molecular weight is 427 g/mol. The first-order valence-electron chi connectivity index (χ1n) is 11.0. The molecule has 1 aliphatic heterocycles. The van der Waals surface area contributed by atoms with Gasteiger partial charge in [-0.05, 0) is 62.6 Å². The van der Waals surface area contributed by atoms with Crippen molar-refractivity contribution in [2.24, 2.45) is 5.92 Å². The highest BCUT2D eigenvalue weighted by atomic mass is 16.1. The molecule has 3 aromatic heterocycles. The van der Waals surface area contributed by atoms with E-state index in [9.17, 15) is 4.79 Å². The van der Waals surface area contributed by atoms with Crippen LogP contribution in [0.5, 0.6) is 0 Å². The lowest BCUT2D eigenvalue weighted by Crippen LogP contribution is -2.38. The Morgan fingerprint density at radius 2 is 1.88 bits per heavy atom. The molecule has 7 heteroatoms. The summed E-state index contributed by atoms with van der Waals surface area (Å²) in [4.78, 5) is 19.9. The first kappa shape index (κ1) is 20.2. The highest BCUT2D eigenvalue weighted by Crippen LogP contribution is 2.26. The molecule has 1 saturated heterocycles. The topological polar surface area (TPSA) is 75.4 Å². The van der Waals surface area contributed by atoms with Crippen molar-refractivity contribution in [2.45, 2.75) is 26.7 Å². The molecule has 1 aliphatic rings. The fraction of sp³-hybridized carbons (Fsp3) is 0.280. The van der Waals surface area contributed by atoms with Gasteiger partial charge in [0, 0.05) is 42.7 Å². The number of piperidine rings is 1. The van der Waals surface area contributed by atoms with Crippen LogP contribution in [-0.4, -0.2) is 38.6 Å². The van der Waals surface area contributed by atoms with Gasteiger partial charge in [0.2, 0.25) is 5.91 Å². The molecule has 4 heterocycles. The minimum Gasteiger partial charge on any atom is -0.355 e. The van der Waals surface area contributed by atoms with Crippen LogP contribution < -0.4 is 10.2 Å². The zero-order valence-electron chi connectivity index (χ0n) is 18.3.